The van der Waals surface area contributed by atoms with Crippen LogP contribution >= 0.6 is 0 Å². The van der Waals surface area contributed by atoms with Crippen molar-refractivity contribution < 1.29 is 19.8 Å². The van der Waals surface area contributed by atoms with Gasteiger partial charge in [0.1, 0.15) is 0 Å². The maximum Gasteiger partial charge on any atom is 0.328 e. The van der Waals surface area contributed by atoms with E-state index in [2.05, 4.69) is 0 Å². The van der Waals surface area contributed by atoms with Gasteiger partial charge in [-0.3, -0.25) is 0 Å². The molecule has 106 valence electrons. The van der Waals surface area contributed by atoms with Gasteiger partial charge in [0.15, 0.2) is 0 Å². The monoisotopic (exact) mass is 278 g/mol. The lowest BCUT2D eigenvalue weighted by Gasteiger charge is -2.15. The Morgan fingerprint density at radius 3 is 1.15 bits per heavy atom. The average Bonchev–Trinajstić information content (AvgIpc) is 2.35. The highest BCUT2D eigenvalue weighted by molar-refractivity contribution is 6.01. The van der Waals surface area contributed by atoms with E-state index in [0.717, 1.165) is 12.2 Å². The van der Waals surface area contributed by atoms with E-state index >= 15 is 0 Å². The van der Waals surface area contributed by atoms with Gasteiger partial charge in [0.25, 0.3) is 0 Å². The zero-order valence-electron chi connectivity index (χ0n) is 10.3. The van der Waals surface area contributed by atoms with Crippen LogP contribution in [0.2, 0.25) is 0 Å². The van der Waals surface area contributed by atoms with Gasteiger partial charge >= 0.3 is 11.9 Å². The summed E-state index contributed by atoms with van der Waals surface area (Å²) >= 11 is 0. The number of aliphatic carboxylic acids is 2. The standard InChI is InChI=1S/C12H14N4O4/c13-9-5(1-3-7(17)18)10(14)12(16)6(11(9)15)2-4-8(19)20/h1-4H,13-16H2,(H,17,18)(H,19,20). The largest absolute Gasteiger partial charge is 0.478 e. The minimum Gasteiger partial charge on any atom is -0.478 e. The lowest BCUT2D eigenvalue weighted by Crippen LogP contribution is -2.08. The fourth-order valence-electron chi connectivity index (χ4n) is 1.54. The summed E-state index contributed by atoms with van der Waals surface area (Å²) in [5.74, 6) is -2.37. The minimum atomic E-state index is -1.18. The molecule has 1 aromatic rings. The Balaban J connectivity index is 3.49. The number of benzene rings is 1. The fourth-order valence-corrected chi connectivity index (χ4v) is 1.54. The molecule has 0 saturated carbocycles. The van der Waals surface area contributed by atoms with Gasteiger partial charge in [-0.1, -0.05) is 0 Å². The summed E-state index contributed by atoms with van der Waals surface area (Å²) in [7, 11) is 0. The topological polar surface area (TPSA) is 179 Å². The van der Waals surface area contributed by atoms with Crippen LogP contribution in [0.15, 0.2) is 12.2 Å². The molecule has 20 heavy (non-hydrogen) atoms. The maximum absolute atomic E-state index is 10.5. The number of carbonyl (C=O) groups is 2. The number of nitrogen functional groups attached to an aromatic ring is 4. The summed E-state index contributed by atoms with van der Waals surface area (Å²) in [5, 5.41) is 17.2. The molecule has 8 heteroatoms. The van der Waals surface area contributed by atoms with Crippen molar-refractivity contribution in [2.75, 3.05) is 22.9 Å². The summed E-state index contributed by atoms with van der Waals surface area (Å²) in [5.41, 5.74) is 23.5. The van der Waals surface area contributed by atoms with Crippen molar-refractivity contribution in [2.24, 2.45) is 0 Å². The molecule has 0 fully saturated rings. The van der Waals surface area contributed by atoms with Crippen molar-refractivity contribution in [1.29, 1.82) is 0 Å². The highest BCUT2D eigenvalue weighted by atomic mass is 16.4. The van der Waals surface area contributed by atoms with Crippen LogP contribution in [0.1, 0.15) is 11.1 Å². The Bertz CT molecular complexity index is 551. The molecule has 1 rings (SSSR count). The van der Waals surface area contributed by atoms with Gasteiger partial charge in [0.05, 0.1) is 22.7 Å². The molecule has 0 aliphatic rings. The van der Waals surface area contributed by atoms with E-state index in [0.29, 0.717) is 0 Å². The molecule has 0 unspecified atom stereocenters. The molecule has 0 atom stereocenters. The number of carboxylic acids is 2. The first-order valence-electron chi connectivity index (χ1n) is 5.33. The smallest absolute Gasteiger partial charge is 0.328 e. The Kier molecular flexibility index (Phi) is 4.21. The number of hydrogen-bond acceptors (Lipinski definition) is 6. The molecule has 0 spiro atoms. The highest BCUT2D eigenvalue weighted by Crippen LogP contribution is 2.38. The van der Waals surface area contributed by atoms with Gasteiger partial charge in [-0.25, -0.2) is 9.59 Å². The van der Waals surface area contributed by atoms with Crippen LogP contribution < -0.4 is 22.9 Å². The molecule has 0 saturated heterocycles. The quantitative estimate of drug-likeness (QED) is 0.334. The number of hydrogen-bond donors (Lipinski definition) is 6. The Morgan fingerprint density at radius 1 is 0.700 bits per heavy atom. The summed E-state index contributed by atoms with van der Waals surface area (Å²) in [6.07, 6.45) is 4.02. The second-order valence-electron chi connectivity index (χ2n) is 3.83. The molecule has 0 aliphatic heterocycles. The molecule has 0 bridgehead atoms. The summed E-state index contributed by atoms with van der Waals surface area (Å²) in [4.78, 5) is 21.0. The van der Waals surface area contributed by atoms with Gasteiger partial charge in [0.2, 0.25) is 0 Å². The second kappa shape index (κ2) is 5.65. The molecule has 8 nitrogen and oxygen atoms in total. The van der Waals surface area contributed by atoms with Crippen LogP contribution in [-0.4, -0.2) is 22.2 Å². The Labute approximate surface area is 114 Å². The van der Waals surface area contributed by atoms with Crippen LogP contribution in [0.4, 0.5) is 22.7 Å². The molecule has 0 amide bonds. The van der Waals surface area contributed by atoms with Crippen LogP contribution in [0.5, 0.6) is 0 Å². The third-order valence-corrected chi connectivity index (χ3v) is 2.53. The zero-order chi connectivity index (χ0) is 15.4. The second-order valence-corrected chi connectivity index (χ2v) is 3.83. The Morgan fingerprint density at radius 2 is 0.950 bits per heavy atom. The lowest BCUT2D eigenvalue weighted by atomic mass is 10.0. The summed E-state index contributed by atoms with van der Waals surface area (Å²) in [6.45, 7) is 0. The average molecular weight is 278 g/mol. The van der Waals surface area contributed by atoms with E-state index in [1.54, 1.807) is 0 Å². The molecule has 0 aromatic heterocycles. The van der Waals surface area contributed by atoms with E-state index in [-0.39, 0.29) is 33.9 Å². The van der Waals surface area contributed by atoms with Gasteiger partial charge in [-0.05, 0) is 12.2 Å². The van der Waals surface area contributed by atoms with Crippen molar-refractivity contribution in [3.63, 3.8) is 0 Å². The first kappa shape index (κ1) is 14.9. The number of nitrogens with two attached hydrogens (primary N) is 4. The van der Waals surface area contributed by atoms with Crippen molar-refractivity contribution in [3.8, 4) is 0 Å². The molecule has 10 N–H and O–H groups in total. The summed E-state index contributed by atoms with van der Waals surface area (Å²) in [6, 6.07) is 0. The van der Waals surface area contributed by atoms with Crippen LogP contribution in [0.25, 0.3) is 12.2 Å². The van der Waals surface area contributed by atoms with E-state index in [1.807, 2.05) is 0 Å². The third-order valence-electron chi connectivity index (χ3n) is 2.53. The van der Waals surface area contributed by atoms with Crippen molar-refractivity contribution >= 4 is 46.8 Å². The fraction of sp³-hybridized carbons (Fsp3) is 0. The predicted molar refractivity (Wildman–Crippen MR) is 77.4 cm³/mol. The first-order chi connectivity index (χ1) is 9.25. The highest BCUT2D eigenvalue weighted by Gasteiger charge is 2.15. The molecule has 0 radical (unpaired) electrons. The van der Waals surface area contributed by atoms with Gasteiger partial charge < -0.3 is 33.1 Å². The Hall–Kier alpha value is -3.16. The van der Waals surface area contributed by atoms with Crippen molar-refractivity contribution in [1.82, 2.24) is 0 Å². The minimum absolute atomic E-state index is 0.0271. The molecule has 1 aromatic carbocycles. The maximum atomic E-state index is 10.5. The van der Waals surface area contributed by atoms with E-state index in [4.69, 9.17) is 33.1 Å². The number of rotatable bonds is 4. The molecule has 0 heterocycles. The zero-order valence-corrected chi connectivity index (χ0v) is 10.3. The molecular formula is C12H14N4O4. The predicted octanol–water partition coefficient (Wildman–Crippen LogP) is 0.211. The lowest BCUT2D eigenvalue weighted by molar-refractivity contribution is -0.132. The SMILES string of the molecule is Nc1c(N)c(C=CC(=O)O)c(N)c(N)c1C=CC(=O)O. The van der Waals surface area contributed by atoms with E-state index in [9.17, 15) is 9.59 Å². The van der Waals surface area contributed by atoms with Gasteiger partial charge in [-0.15, -0.1) is 0 Å². The normalized spacial score (nSPS) is 11.2. The van der Waals surface area contributed by atoms with E-state index < -0.39 is 11.9 Å². The summed E-state index contributed by atoms with van der Waals surface area (Å²) < 4.78 is 0. The van der Waals surface area contributed by atoms with Gasteiger partial charge in [-0.2, -0.15) is 0 Å². The van der Waals surface area contributed by atoms with E-state index in [1.165, 1.54) is 12.2 Å². The molecular weight excluding hydrogens is 264 g/mol. The number of anilines is 4. The first-order valence-corrected chi connectivity index (χ1v) is 5.33. The van der Waals surface area contributed by atoms with Crippen LogP contribution in [0, 0.1) is 0 Å². The van der Waals surface area contributed by atoms with Crippen LogP contribution in [-0.2, 0) is 9.59 Å². The number of carboxylic acid groups (broad SMARTS) is 2. The third kappa shape index (κ3) is 2.99. The van der Waals surface area contributed by atoms with Crippen molar-refractivity contribution in [3.05, 3.63) is 23.3 Å². The molecule has 0 aliphatic carbocycles. The van der Waals surface area contributed by atoms with Crippen LogP contribution in [0.3, 0.4) is 0 Å². The van der Waals surface area contributed by atoms with Crippen molar-refractivity contribution in [2.45, 2.75) is 0 Å². The van der Waals surface area contributed by atoms with Gasteiger partial charge in [0, 0.05) is 23.3 Å².